The number of hydrogen-bond acceptors (Lipinski definition) is 14. The van der Waals surface area contributed by atoms with Gasteiger partial charge in [-0.2, -0.15) is 0 Å². The highest BCUT2D eigenvalue weighted by molar-refractivity contribution is 7.18. The predicted octanol–water partition coefficient (Wildman–Crippen LogP) is 8.08. The first-order valence-corrected chi connectivity index (χ1v) is 22.0. The number of carbonyl (C=O) groups excluding carboxylic acids is 6. The summed E-state index contributed by atoms with van der Waals surface area (Å²) >= 11 is 7.96. The van der Waals surface area contributed by atoms with E-state index in [-0.39, 0.29) is 55.2 Å². The van der Waals surface area contributed by atoms with Gasteiger partial charge in [0.25, 0.3) is 11.8 Å². The number of epoxide rings is 1. The lowest BCUT2D eigenvalue weighted by Gasteiger charge is -2.37. The zero-order valence-corrected chi connectivity index (χ0v) is 37.1. The summed E-state index contributed by atoms with van der Waals surface area (Å²) in [6, 6.07) is 10.1. The molecule has 6 rings (SSSR count). The molecule has 14 nitrogen and oxygen atoms in total. The molecule has 3 aliphatic heterocycles. The van der Waals surface area contributed by atoms with Crippen LogP contribution in [0.2, 0.25) is 5.02 Å². The van der Waals surface area contributed by atoms with E-state index < -0.39 is 77.4 Å². The van der Waals surface area contributed by atoms with Crippen molar-refractivity contribution in [3.05, 3.63) is 82.4 Å². The van der Waals surface area contributed by atoms with Gasteiger partial charge in [0.05, 0.1) is 49.9 Å². The number of nitrogens with zero attached hydrogens (tertiary/aromatic N) is 2. The molecule has 0 unspecified atom stereocenters. The molecule has 7 atom stereocenters. The van der Waals surface area contributed by atoms with Crippen molar-refractivity contribution < 1.29 is 57.6 Å². The van der Waals surface area contributed by atoms with Crippen LogP contribution in [0.5, 0.6) is 5.75 Å². The van der Waals surface area contributed by atoms with Crippen molar-refractivity contribution in [2.24, 2.45) is 17.3 Å². The molecule has 0 spiro atoms. The summed E-state index contributed by atoms with van der Waals surface area (Å²) in [4.78, 5) is 83.6. The number of aliphatic hydroxyl groups excluding tert-OH is 1. The van der Waals surface area contributed by atoms with Crippen LogP contribution in [0.1, 0.15) is 101 Å². The highest BCUT2D eigenvalue weighted by atomic mass is 35.5. The first-order valence-electron chi connectivity index (χ1n) is 20.8. The van der Waals surface area contributed by atoms with E-state index in [1.165, 1.54) is 30.4 Å². The van der Waals surface area contributed by atoms with Crippen molar-refractivity contribution >= 4 is 68.8 Å². The molecule has 1 N–H and O–H groups in total. The molecular weight excluding hydrogens is 840 g/mol. The van der Waals surface area contributed by atoms with Gasteiger partial charge in [0.15, 0.2) is 0 Å². The van der Waals surface area contributed by atoms with E-state index in [0.717, 1.165) is 38.5 Å². The Labute approximate surface area is 369 Å². The minimum Gasteiger partial charge on any atom is -0.457 e. The van der Waals surface area contributed by atoms with E-state index in [2.05, 4.69) is 11.6 Å². The van der Waals surface area contributed by atoms with Gasteiger partial charge in [-0.15, -0.1) is 17.9 Å². The van der Waals surface area contributed by atoms with Crippen LogP contribution >= 0.6 is 22.9 Å². The minimum absolute atomic E-state index is 0.0468. The maximum Gasteiger partial charge on any atom is 0.508 e. The van der Waals surface area contributed by atoms with Crippen LogP contribution in [0.15, 0.2) is 61.2 Å². The molecule has 16 heteroatoms. The molecule has 3 aromatic rings. The average Bonchev–Trinajstić information content (AvgIpc) is 3.50. The Morgan fingerprint density at radius 2 is 1.84 bits per heavy atom. The van der Waals surface area contributed by atoms with Gasteiger partial charge in [0.1, 0.15) is 30.3 Å². The van der Waals surface area contributed by atoms with Crippen LogP contribution in [0.25, 0.3) is 10.2 Å². The van der Waals surface area contributed by atoms with Gasteiger partial charge in [0, 0.05) is 37.5 Å². The van der Waals surface area contributed by atoms with Gasteiger partial charge in [-0.05, 0) is 94.7 Å². The second-order valence-corrected chi connectivity index (χ2v) is 18.7. The number of cyclic esters (lactones) is 1. The molecule has 1 aromatic heterocycles. The number of rotatable bonds is 11. The van der Waals surface area contributed by atoms with Crippen LogP contribution in [0.4, 0.5) is 4.79 Å². The van der Waals surface area contributed by atoms with E-state index in [9.17, 15) is 33.9 Å². The van der Waals surface area contributed by atoms with Gasteiger partial charge in [0.2, 0.25) is 0 Å². The number of benzene rings is 2. The van der Waals surface area contributed by atoms with Crippen molar-refractivity contribution in [2.75, 3.05) is 6.54 Å². The molecule has 0 saturated carbocycles. The minimum atomic E-state index is -1.51. The zero-order chi connectivity index (χ0) is 44.9. The number of ether oxygens (including phenoxy) is 5. The number of aromatic nitrogens is 1. The number of allylic oxidation sites excluding steroid dienone is 1. The Hall–Kier alpha value is -4.96. The van der Waals surface area contributed by atoms with Crippen molar-refractivity contribution in [2.45, 2.75) is 123 Å². The molecule has 0 aliphatic carbocycles. The lowest BCUT2D eigenvalue weighted by atomic mass is 9.71. The maximum absolute atomic E-state index is 14.5. The van der Waals surface area contributed by atoms with E-state index in [0.29, 0.717) is 18.4 Å². The summed E-state index contributed by atoms with van der Waals surface area (Å²) in [5.41, 5.74) is -0.0449. The zero-order valence-electron chi connectivity index (χ0n) is 35.6. The average molecular weight is 893 g/mol. The number of esters is 2. The topological polar surface area (TPSA) is 188 Å². The molecule has 2 saturated heterocycles. The monoisotopic (exact) mass is 892 g/mol. The third kappa shape index (κ3) is 11.2. The largest absolute Gasteiger partial charge is 0.508 e. The first kappa shape index (κ1) is 46.5. The maximum atomic E-state index is 14.5. The predicted molar refractivity (Wildman–Crippen MR) is 229 cm³/mol. The number of hydrogen-bond donors (Lipinski definition) is 1. The Balaban J connectivity index is 1.17. The van der Waals surface area contributed by atoms with Gasteiger partial charge in [-0.1, -0.05) is 43.2 Å². The normalized spacial score (nSPS) is 26.8. The third-order valence-electron chi connectivity index (χ3n) is 12.0. The Morgan fingerprint density at radius 1 is 1.10 bits per heavy atom. The number of ketones is 1. The lowest BCUT2D eigenvalue weighted by Crippen LogP contribution is -2.48. The number of imide groups is 1. The number of halogens is 1. The fraction of sp³-hybridized carbons (Fsp3) is 0.500. The van der Waals surface area contributed by atoms with E-state index in [1.807, 2.05) is 39.0 Å². The highest BCUT2D eigenvalue weighted by Gasteiger charge is 2.53. The number of aryl methyl sites for hydroxylation is 1. The van der Waals surface area contributed by atoms with Gasteiger partial charge >= 0.3 is 18.1 Å². The van der Waals surface area contributed by atoms with Crippen LogP contribution in [-0.4, -0.2) is 81.1 Å². The van der Waals surface area contributed by atoms with Crippen LogP contribution < -0.4 is 4.74 Å². The Morgan fingerprint density at radius 3 is 2.55 bits per heavy atom. The number of Topliss-reactive ketones (excluding diaryl/α,β-unsaturated/α-hetero) is 1. The van der Waals surface area contributed by atoms with E-state index in [4.69, 9.17) is 35.3 Å². The number of amides is 2. The second kappa shape index (κ2) is 19.6. The molecule has 0 radical (unpaired) electrons. The van der Waals surface area contributed by atoms with Crippen molar-refractivity contribution in [1.29, 1.82) is 0 Å². The highest BCUT2D eigenvalue weighted by Crippen LogP contribution is 2.47. The molecule has 2 fully saturated rings. The fourth-order valence-corrected chi connectivity index (χ4v) is 9.14. The molecule has 2 amide bonds. The number of fused-ring (bicyclic) bond motifs is 2. The van der Waals surface area contributed by atoms with E-state index in [1.54, 1.807) is 31.3 Å². The van der Waals surface area contributed by atoms with Crippen LogP contribution in [-0.2, 0) is 49.5 Å². The summed E-state index contributed by atoms with van der Waals surface area (Å²) < 4.78 is 30.1. The van der Waals surface area contributed by atoms with Crippen molar-refractivity contribution in [3.63, 3.8) is 0 Å². The molecule has 332 valence electrons. The summed E-state index contributed by atoms with van der Waals surface area (Å²) in [7, 11) is 0. The van der Waals surface area contributed by atoms with Crippen LogP contribution in [0, 0.1) is 24.2 Å². The summed E-state index contributed by atoms with van der Waals surface area (Å²) in [5.74, 6) is -3.77. The summed E-state index contributed by atoms with van der Waals surface area (Å²) in [6.45, 7) is 12.5. The summed E-state index contributed by atoms with van der Waals surface area (Å²) in [5, 5.41) is 12.5. The molecule has 62 heavy (non-hydrogen) atoms. The lowest BCUT2D eigenvalue weighted by molar-refractivity contribution is -0.157. The van der Waals surface area contributed by atoms with Gasteiger partial charge < -0.3 is 28.8 Å². The number of thiazole rings is 1. The van der Waals surface area contributed by atoms with Crippen LogP contribution in [0.3, 0.4) is 0 Å². The molecule has 0 bridgehead atoms. The first-order chi connectivity index (χ1) is 29.4. The van der Waals surface area contributed by atoms with Crippen molar-refractivity contribution in [1.82, 2.24) is 9.88 Å². The Bertz CT molecular complexity index is 2240. The molecule has 3 aliphatic rings. The number of carbonyl (C=O) groups is 6. The van der Waals surface area contributed by atoms with Crippen molar-refractivity contribution in [3.8, 4) is 5.75 Å². The second-order valence-electron chi connectivity index (χ2n) is 17.0. The number of aliphatic hydroxyl groups is 1. The fourth-order valence-electron chi connectivity index (χ4n) is 8.09. The SMILES string of the molecule is C=CC[C@H]1C(=O)C(C)(C)[C@@H](OC(=O)OCc2ccc(OC(=O)CCCN3C(=O)C=CC3=O)c(Cl)c2)CC(=O)O[C@H](c2ccc3sc(C)nc3c2)C[C@@H]2O[C@]2(C)CCC[C@H](C)[C@@H]1O. The molecular formula is C46H53ClN2O12S. The smallest absolute Gasteiger partial charge is 0.457 e. The Kier molecular flexibility index (Phi) is 14.7. The van der Waals surface area contributed by atoms with Gasteiger partial charge in [-0.3, -0.25) is 28.9 Å². The standard InChI is InChI=1S/C46H53ClN2O12S/c1-7-10-30-42(54)26(2)11-8-19-46(6)37(61-46)23-34(29-14-16-35-32(22-29)48-27(3)62-35)59-41(53)24-36(45(4,5)43(30)55)60-44(56)57-25-28-13-15-33(31(47)21-28)58-40(52)12-9-20-49-38(50)17-18-39(49)51/h7,13-18,21-22,26,30,34,36-37,42,54H,1,8-12,19-20,23-25H2,2-6H3/t26-,30+,34-,36-,37-,42-,46+/m0/s1. The van der Waals surface area contributed by atoms with Gasteiger partial charge in [-0.25, -0.2) is 9.78 Å². The summed E-state index contributed by atoms with van der Waals surface area (Å²) in [6.07, 6.45) is 1.59. The quantitative estimate of drug-likeness (QED) is 0.0640. The van der Waals surface area contributed by atoms with E-state index >= 15 is 0 Å². The third-order valence-corrected chi connectivity index (χ3v) is 13.2. The molecule has 4 heterocycles. The molecule has 2 aromatic carbocycles.